The molecule has 1 heterocycles. The molecule has 1 fully saturated rings. The normalized spacial score (nSPS) is 17.2. The first-order chi connectivity index (χ1) is 12.2. The molecule has 0 N–H and O–H groups in total. The van der Waals surface area contributed by atoms with E-state index in [1.165, 1.54) is 0 Å². The van der Waals surface area contributed by atoms with E-state index in [-0.39, 0.29) is 17.9 Å². The van der Waals surface area contributed by atoms with Crippen molar-refractivity contribution >= 4 is 17.7 Å². The van der Waals surface area contributed by atoms with Gasteiger partial charge < -0.3 is 14.5 Å². The fourth-order valence-corrected chi connectivity index (χ4v) is 3.18. The van der Waals surface area contributed by atoms with Crippen molar-refractivity contribution in [3.8, 4) is 0 Å². The summed E-state index contributed by atoms with van der Waals surface area (Å²) in [6, 6.07) is 9.78. The second-order valence-corrected chi connectivity index (χ2v) is 6.62. The molecule has 2 amide bonds. The van der Waals surface area contributed by atoms with E-state index in [9.17, 15) is 9.59 Å². The third kappa shape index (κ3) is 5.76. The Bertz CT molecular complexity index is 547. The smallest absolute Gasteiger partial charge is 0.409 e. The van der Waals surface area contributed by atoms with Crippen LogP contribution in [0.3, 0.4) is 0 Å². The minimum atomic E-state index is -0.216. The summed E-state index contributed by atoms with van der Waals surface area (Å²) in [5.74, 6) is 0.400. The van der Waals surface area contributed by atoms with Crippen LogP contribution in [0.5, 0.6) is 0 Å². The lowest BCUT2D eigenvalue weighted by Crippen LogP contribution is -2.45. The Kier molecular flexibility index (Phi) is 7.76. The highest BCUT2D eigenvalue weighted by molar-refractivity contribution is 5.93. The van der Waals surface area contributed by atoms with Crippen LogP contribution in [0.4, 0.5) is 10.5 Å². The molecule has 25 heavy (non-hydrogen) atoms. The highest BCUT2D eigenvalue weighted by Gasteiger charge is 2.27. The fraction of sp³-hybridized carbons (Fsp3) is 0.600. The van der Waals surface area contributed by atoms with E-state index >= 15 is 0 Å². The van der Waals surface area contributed by atoms with Crippen molar-refractivity contribution in [1.82, 2.24) is 4.90 Å². The summed E-state index contributed by atoms with van der Waals surface area (Å²) < 4.78 is 5.33. The fourth-order valence-electron chi connectivity index (χ4n) is 3.18. The van der Waals surface area contributed by atoms with Gasteiger partial charge in [0.15, 0.2) is 0 Å². The predicted molar refractivity (Wildman–Crippen MR) is 99.6 cm³/mol. The molecule has 138 valence electrons. The molecular formula is C20H30N2O3. The Morgan fingerprint density at radius 3 is 2.68 bits per heavy atom. The Hall–Kier alpha value is -2.04. The molecule has 1 aromatic carbocycles. The lowest BCUT2D eigenvalue weighted by atomic mass is 9.97. The number of rotatable bonds is 7. The van der Waals surface area contributed by atoms with Crippen molar-refractivity contribution in [2.75, 3.05) is 31.1 Å². The molecule has 2 rings (SSSR count). The van der Waals surface area contributed by atoms with Crippen molar-refractivity contribution < 1.29 is 14.3 Å². The van der Waals surface area contributed by atoms with E-state index in [2.05, 4.69) is 6.92 Å². The maximum atomic E-state index is 12.4. The standard InChI is InChI=1S/C20H30N2O3/c1-3-5-14-25-20(24)21-13-9-10-17(15-21)16-22(19(23)4-2)18-11-7-6-8-12-18/h6-8,11-12,17H,3-5,9-10,13-16H2,1-2H3. The van der Waals surface area contributed by atoms with Gasteiger partial charge in [-0.3, -0.25) is 4.79 Å². The van der Waals surface area contributed by atoms with Crippen LogP contribution in [0.15, 0.2) is 30.3 Å². The largest absolute Gasteiger partial charge is 0.449 e. The summed E-state index contributed by atoms with van der Waals surface area (Å²) in [5, 5.41) is 0. The van der Waals surface area contributed by atoms with Crippen molar-refractivity contribution in [2.24, 2.45) is 5.92 Å². The molecule has 1 unspecified atom stereocenters. The zero-order valence-electron chi connectivity index (χ0n) is 15.4. The number of unbranched alkanes of at least 4 members (excludes halogenated alkanes) is 1. The summed E-state index contributed by atoms with van der Waals surface area (Å²) in [4.78, 5) is 28.2. The van der Waals surface area contributed by atoms with E-state index in [0.29, 0.717) is 26.1 Å². The monoisotopic (exact) mass is 346 g/mol. The number of nitrogens with zero attached hydrogens (tertiary/aromatic N) is 2. The number of amides is 2. The van der Waals surface area contributed by atoms with E-state index in [4.69, 9.17) is 4.74 Å². The maximum Gasteiger partial charge on any atom is 0.409 e. The van der Waals surface area contributed by atoms with Gasteiger partial charge in [-0.05, 0) is 37.3 Å². The molecule has 0 radical (unpaired) electrons. The molecule has 5 nitrogen and oxygen atoms in total. The highest BCUT2D eigenvalue weighted by atomic mass is 16.6. The number of hydrogen-bond donors (Lipinski definition) is 0. The Morgan fingerprint density at radius 2 is 2.00 bits per heavy atom. The lowest BCUT2D eigenvalue weighted by Gasteiger charge is -2.35. The van der Waals surface area contributed by atoms with Crippen molar-refractivity contribution in [2.45, 2.75) is 46.0 Å². The number of hydrogen-bond acceptors (Lipinski definition) is 3. The maximum absolute atomic E-state index is 12.4. The van der Waals surface area contributed by atoms with Crippen LogP contribution >= 0.6 is 0 Å². The van der Waals surface area contributed by atoms with Crippen LogP contribution in [0, 0.1) is 5.92 Å². The molecule has 1 aliphatic heterocycles. The van der Waals surface area contributed by atoms with Crippen LogP contribution in [-0.2, 0) is 9.53 Å². The van der Waals surface area contributed by atoms with E-state index in [0.717, 1.165) is 37.9 Å². The van der Waals surface area contributed by atoms with Crippen LogP contribution in [0.2, 0.25) is 0 Å². The average molecular weight is 346 g/mol. The number of benzene rings is 1. The minimum absolute atomic E-state index is 0.119. The number of para-hydroxylation sites is 1. The van der Waals surface area contributed by atoms with Gasteiger partial charge in [-0.15, -0.1) is 0 Å². The predicted octanol–water partition coefficient (Wildman–Crippen LogP) is 4.08. The molecule has 0 saturated carbocycles. The van der Waals surface area contributed by atoms with Gasteiger partial charge in [-0.25, -0.2) is 4.79 Å². The first-order valence-electron chi connectivity index (χ1n) is 9.42. The SMILES string of the molecule is CCCCOC(=O)N1CCCC(CN(C(=O)CC)c2ccccc2)C1. The molecule has 5 heteroatoms. The third-order valence-corrected chi connectivity index (χ3v) is 4.61. The van der Waals surface area contributed by atoms with Crippen molar-refractivity contribution in [3.63, 3.8) is 0 Å². The molecule has 0 bridgehead atoms. The number of carbonyl (C=O) groups excluding carboxylic acids is 2. The summed E-state index contributed by atoms with van der Waals surface area (Å²) in [7, 11) is 0. The Labute approximate surface area is 150 Å². The summed E-state index contributed by atoms with van der Waals surface area (Å²) in [6.45, 7) is 6.50. The number of ether oxygens (including phenoxy) is 1. The van der Waals surface area contributed by atoms with Gasteiger partial charge in [0.25, 0.3) is 0 Å². The minimum Gasteiger partial charge on any atom is -0.449 e. The number of piperidine rings is 1. The first kappa shape index (κ1) is 19.3. The quantitative estimate of drug-likeness (QED) is 0.699. The molecule has 1 saturated heterocycles. The number of carbonyl (C=O) groups is 2. The van der Waals surface area contributed by atoms with Gasteiger partial charge in [0, 0.05) is 31.7 Å². The molecule has 0 aromatic heterocycles. The summed E-state index contributed by atoms with van der Waals surface area (Å²) in [5.41, 5.74) is 0.928. The van der Waals surface area contributed by atoms with Gasteiger partial charge in [0.05, 0.1) is 6.61 Å². The molecule has 1 aliphatic rings. The topological polar surface area (TPSA) is 49.9 Å². The van der Waals surface area contributed by atoms with Crippen molar-refractivity contribution in [3.05, 3.63) is 30.3 Å². The van der Waals surface area contributed by atoms with E-state index < -0.39 is 0 Å². The molecule has 0 spiro atoms. The summed E-state index contributed by atoms with van der Waals surface area (Å²) >= 11 is 0. The third-order valence-electron chi connectivity index (χ3n) is 4.61. The second-order valence-electron chi connectivity index (χ2n) is 6.62. The summed E-state index contributed by atoms with van der Waals surface area (Å²) in [6.07, 6.45) is 4.16. The zero-order chi connectivity index (χ0) is 18.1. The van der Waals surface area contributed by atoms with Gasteiger partial charge in [-0.1, -0.05) is 38.5 Å². The molecule has 0 aliphatic carbocycles. The van der Waals surface area contributed by atoms with Crippen LogP contribution < -0.4 is 4.90 Å². The molecule has 1 atom stereocenters. The van der Waals surface area contributed by atoms with E-state index in [1.54, 1.807) is 4.90 Å². The molecule has 1 aromatic rings. The Morgan fingerprint density at radius 1 is 1.24 bits per heavy atom. The van der Waals surface area contributed by atoms with Gasteiger partial charge in [-0.2, -0.15) is 0 Å². The zero-order valence-corrected chi connectivity index (χ0v) is 15.4. The number of anilines is 1. The van der Waals surface area contributed by atoms with Gasteiger partial charge in [0.2, 0.25) is 5.91 Å². The number of likely N-dealkylation sites (tertiary alicyclic amines) is 1. The van der Waals surface area contributed by atoms with Gasteiger partial charge >= 0.3 is 6.09 Å². The van der Waals surface area contributed by atoms with E-state index in [1.807, 2.05) is 42.2 Å². The lowest BCUT2D eigenvalue weighted by molar-refractivity contribution is -0.118. The highest BCUT2D eigenvalue weighted by Crippen LogP contribution is 2.22. The first-order valence-corrected chi connectivity index (χ1v) is 9.42. The van der Waals surface area contributed by atoms with Crippen LogP contribution in [0.1, 0.15) is 46.0 Å². The van der Waals surface area contributed by atoms with Gasteiger partial charge in [0.1, 0.15) is 0 Å². The van der Waals surface area contributed by atoms with Crippen LogP contribution in [0.25, 0.3) is 0 Å². The van der Waals surface area contributed by atoms with Crippen molar-refractivity contribution in [1.29, 1.82) is 0 Å². The van der Waals surface area contributed by atoms with Crippen LogP contribution in [-0.4, -0.2) is 43.1 Å². The molecular weight excluding hydrogens is 316 g/mol. The second kappa shape index (κ2) is 10.1. The average Bonchev–Trinajstić information content (AvgIpc) is 2.66. The Balaban J connectivity index is 1.97.